The van der Waals surface area contributed by atoms with Crippen molar-refractivity contribution in [1.29, 1.82) is 0 Å². The van der Waals surface area contributed by atoms with Gasteiger partial charge < -0.3 is 19.6 Å². The maximum Gasteiger partial charge on any atom is 0.273 e. The molecule has 1 saturated heterocycles. The topological polar surface area (TPSA) is 78.7 Å². The minimum absolute atomic E-state index is 0.123. The number of rotatable bonds is 6. The summed E-state index contributed by atoms with van der Waals surface area (Å²) < 4.78 is 18.1. The molecule has 2 heterocycles. The number of nitrogens with zero attached hydrogens (tertiary/aromatic N) is 3. The van der Waals surface area contributed by atoms with Crippen molar-refractivity contribution >= 4 is 11.8 Å². The van der Waals surface area contributed by atoms with E-state index in [1.807, 2.05) is 11.9 Å². The molecule has 1 aromatic carbocycles. The minimum Gasteiger partial charge on any atom is -0.355 e. The first kappa shape index (κ1) is 19.0. The molecule has 3 rings (SSSR count). The average Bonchev–Trinajstić information content (AvgIpc) is 3.16. The average molecular weight is 374 g/mol. The smallest absolute Gasteiger partial charge is 0.273 e. The van der Waals surface area contributed by atoms with E-state index in [2.05, 4.69) is 15.4 Å². The Morgan fingerprint density at radius 1 is 1.19 bits per heavy atom. The van der Waals surface area contributed by atoms with Gasteiger partial charge in [0.15, 0.2) is 11.5 Å². The molecule has 27 heavy (non-hydrogen) atoms. The van der Waals surface area contributed by atoms with Crippen LogP contribution in [0.25, 0.3) is 11.3 Å². The molecule has 144 valence electrons. The summed E-state index contributed by atoms with van der Waals surface area (Å²) in [5, 5.41) is 6.49. The quantitative estimate of drug-likeness (QED) is 0.780. The molecule has 7 nitrogen and oxygen atoms in total. The molecule has 0 atom stereocenters. The number of benzene rings is 1. The number of carbonyl (C=O) groups excluding carboxylic acids is 2. The standard InChI is InChI=1S/C19H23FN4O3/c1-23-9-11-24(12-10-23)18(25)3-2-8-21-19(26)16-13-17(27-22-16)14-4-6-15(20)7-5-14/h4-7,13H,2-3,8-12H2,1H3,(H,21,26). The minimum atomic E-state index is -0.362. The van der Waals surface area contributed by atoms with E-state index >= 15 is 0 Å². The fourth-order valence-corrected chi connectivity index (χ4v) is 2.88. The van der Waals surface area contributed by atoms with Gasteiger partial charge in [-0.3, -0.25) is 9.59 Å². The predicted octanol–water partition coefficient (Wildman–Crippen LogP) is 1.76. The van der Waals surface area contributed by atoms with Gasteiger partial charge in [-0.25, -0.2) is 4.39 Å². The zero-order valence-electron chi connectivity index (χ0n) is 15.3. The lowest BCUT2D eigenvalue weighted by atomic mass is 10.1. The summed E-state index contributed by atoms with van der Waals surface area (Å²) in [4.78, 5) is 28.3. The molecule has 0 bridgehead atoms. The van der Waals surface area contributed by atoms with Crippen LogP contribution in [0.15, 0.2) is 34.9 Å². The Bertz CT molecular complexity index is 783. The zero-order chi connectivity index (χ0) is 19.2. The highest BCUT2D eigenvalue weighted by Gasteiger charge is 2.19. The van der Waals surface area contributed by atoms with Crippen LogP contribution in [0.1, 0.15) is 23.3 Å². The predicted molar refractivity (Wildman–Crippen MR) is 97.5 cm³/mol. The van der Waals surface area contributed by atoms with Gasteiger partial charge in [0, 0.05) is 50.8 Å². The zero-order valence-corrected chi connectivity index (χ0v) is 15.3. The maximum absolute atomic E-state index is 13.0. The summed E-state index contributed by atoms with van der Waals surface area (Å²) >= 11 is 0. The van der Waals surface area contributed by atoms with Crippen LogP contribution < -0.4 is 5.32 Å². The number of amides is 2. The van der Waals surface area contributed by atoms with E-state index in [4.69, 9.17) is 4.52 Å². The Kier molecular flexibility index (Phi) is 6.18. The summed E-state index contributed by atoms with van der Waals surface area (Å²) in [6.45, 7) is 3.69. The number of hydrogen-bond acceptors (Lipinski definition) is 5. The van der Waals surface area contributed by atoms with E-state index in [1.165, 1.54) is 18.2 Å². The summed E-state index contributed by atoms with van der Waals surface area (Å²) in [6, 6.07) is 7.25. The number of halogens is 1. The first-order valence-corrected chi connectivity index (χ1v) is 9.00. The van der Waals surface area contributed by atoms with Crippen molar-refractivity contribution in [3.05, 3.63) is 41.8 Å². The Balaban J connectivity index is 1.42. The molecule has 1 fully saturated rings. The molecule has 2 amide bonds. The number of hydrogen-bond donors (Lipinski definition) is 1. The molecule has 1 aliphatic rings. The molecular formula is C19H23FN4O3. The van der Waals surface area contributed by atoms with Crippen molar-refractivity contribution in [2.24, 2.45) is 0 Å². The van der Waals surface area contributed by atoms with Crippen molar-refractivity contribution in [3.8, 4) is 11.3 Å². The third kappa shape index (κ3) is 5.13. The number of nitrogens with one attached hydrogen (secondary N) is 1. The summed E-state index contributed by atoms with van der Waals surface area (Å²) in [7, 11) is 2.04. The van der Waals surface area contributed by atoms with Crippen LogP contribution in [-0.4, -0.2) is 66.5 Å². The van der Waals surface area contributed by atoms with Crippen molar-refractivity contribution in [2.45, 2.75) is 12.8 Å². The third-order valence-electron chi connectivity index (χ3n) is 4.58. The van der Waals surface area contributed by atoms with Gasteiger partial charge >= 0.3 is 0 Å². The largest absolute Gasteiger partial charge is 0.355 e. The molecule has 1 aliphatic heterocycles. The number of likely N-dealkylation sites (N-methyl/N-ethyl adjacent to an activating group) is 1. The lowest BCUT2D eigenvalue weighted by Crippen LogP contribution is -2.47. The van der Waals surface area contributed by atoms with Gasteiger partial charge in [0.2, 0.25) is 5.91 Å². The van der Waals surface area contributed by atoms with E-state index in [-0.39, 0.29) is 23.3 Å². The second-order valence-electron chi connectivity index (χ2n) is 6.63. The highest BCUT2D eigenvalue weighted by atomic mass is 19.1. The van der Waals surface area contributed by atoms with Crippen molar-refractivity contribution in [3.63, 3.8) is 0 Å². The molecule has 0 spiro atoms. The van der Waals surface area contributed by atoms with Crippen LogP contribution in [0.4, 0.5) is 4.39 Å². The third-order valence-corrected chi connectivity index (χ3v) is 4.58. The first-order chi connectivity index (χ1) is 13.0. The van der Waals surface area contributed by atoms with Crippen LogP contribution in [0.3, 0.4) is 0 Å². The Labute approximate surface area is 157 Å². The second-order valence-corrected chi connectivity index (χ2v) is 6.63. The molecule has 8 heteroatoms. The van der Waals surface area contributed by atoms with Crippen LogP contribution in [0.5, 0.6) is 0 Å². The fraction of sp³-hybridized carbons (Fsp3) is 0.421. The van der Waals surface area contributed by atoms with Gasteiger partial charge in [-0.15, -0.1) is 0 Å². The van der Waals surface area contributed by atoms with Gasteiger partial charge in [0.05, 0.1) is 0 Å². The van der Waals surface area contributed by atoms with E-state index in [0.29, 0.717) is 30.7 Å². The fourth-order valence-electron chi connectivity index (χ4n) is 2.88. The number of aromatic nitrogens is 1. The van der Waals surface area contributed by atoms with Gasteiger partial charge in [-0.1, -0.05) is 5.16 Å². The molecular weight excluding hydrogens is 351 g/mol. The molecule has 0 aliphatic carbocycles. The van der Waals surface area contributed by atoms with E-state index in [1.54, 1.807) is 12.1 Å². The summed E-state index contributed by atoms with van der Waals surface area (Å²) in [5.74, 6) is -0.190. The van der Waals surface area contributed by atoms with Gasteiger partial charge in [0.25, 0.3) is 5.91 Å². The van der Waals surface area contributed by atoms with E-state index in [0.717, 1.165) is 26.2 Å². The molecule has 0 saturated carbocycles. The van der Waals surface area contributed by atoms with Gasteiger partial charge in [-0.2, -0.15) is 0 Å². The second kappa shape index (κ2) is 8.77. The summed E-state index contributed by atoms with van der Waals surface area (Å²) in [6.07, 6.45) is 0.975. The Hall–Kier alpha value is -2.74. The van der Waals surface area contributed by atoms with Crippen LogP contribution >= 0.6 is 0 Å². The Morgan fingerprint density at radius 3 is 2.59 bits per heavy atom. The van der Waals surface area contributed by atoms with Gasteiger partial charge in [-0.05, 0) is 37.7 Å². The summed E-state index contributed by atoms with van der Waals surface area (Å²) in [5.41, 5.74) is 0.792. The van der Waals surface area contributed by atoms with Crippen molar-refractivity contribution < 1.29 is 18.5 Å². The number of carbonyl (C=O) groups is 2. The van der Waals surface area contributed by atoms with Crippen LogP contribution in [0, 0.1) is 5.82 Å². The molecule has 1 N–H and O–H groups in total. The van der Waals surface area contributed by atoms with Crippen molar-refractivity contribution in [1.82, 2.24) is 20.3 Å². The van der Waals surface area contributed by atoms with E-state index in [9.17, 15) is 14.0 Å². The molecule has 1 aromatic heterocycles. The normalized spacial score (nSPS) is 15.0. The van der Waals surface area contributed by atoms with Gasteiger partial charge in [0.1, 0.15) is 5.82 Å². The molecule has 2 aromatic rings. The highest BCUT2D eigenvalue weighted by molar-refractivity contribution is 5.93. The Morgan fingerprint density at radius 2 is 1.89 bits per heavy atom. The maximum atomic E-state index is 13.0. The number of piperazine rings is 1. The van der Waals surface area contributed by atoms with E-state index < -0.39 is 0 Å². The van der Waals surface area contributed by atoms with Crippen molar-refractivity contribution in [2.75, 3.05) is 39.8 Å². The lowest BCUT2D eigenvalue weighted by Gasteiger charge is -2.32. The first-order valence-electron chi connectivity index (χ1n) is 9.00. The monoisotopic (exact) mass is 374 g/mol. The molecule has 0 unspecified atom stereocenters. The van der Waals surface area contributed by atoms with Crippen LogP contribution in [0.2, 0.25) is 0 Å². The SMILES string of the molecule is CN1CCN(C(=O)CCCNC(=O)c2cc(-c3ccc(F)cc3)on2)CC1. The highest BCUT2D eigenvalue weighted by Crippen LogP contribution is 2.20. The van der Waals surface area contributed by atoms with Crippen LogP contribution in [-0.2, 0) is 4.79 Å². The molecule has 0 radical (unpaired) electrons. The lowest BCUT2D eigenvalue weighted by molar-refractivity contribution is -0.132.